The van der Waals surface area contributed by atoms with Crippen molar-refractivity contribution in [1.82, 2.24) is 10.2 Å². The molecule has 168 valence electrons. The van der Waals surface area contributed by atoms with Gasteiger partial charge in [-0.05, 0) is 55.3 Å². The van der Waals surface area contributed by atoms with Gasteiger partial charge in [0.2, 0.25) is 5.13 Å². The molecule has 0 unspecified atom stereocenters. The molecule has 2 aliphatic rings. The highest BCUT2D eigenvalue weighted by Crippen LogP contribution is 2.44. The van der Waals surface area contributed by atoms with Crippen LogP contribution in [0.3, 0.4) is 0 Å². The molecule has 1 aromatic heterocycles. The fourth-order valence-corrected chi connectivity index (χ4v) is 4.98. The van der Waals surface area contributed by atoms with E-state index in [4.69, 9.17) is 9.47 Å². The predicted molar refractivity (Wildman–Crippen MR) is 123 cm³/mol. The summed E-state index contributed by atoms with van der Waals surface area (Å²) in [6.45, 7) is 3.74. The molecular weight excluding hydrogens is 442 g/mol. The van der Waals surface area contributed by atoms with Crippen LogP contribution >= 0.6 is 11.3 Å². The minimum atomic E-state index is -0.879. The van der Waals surface area contributed by atoms with Crippen molar-refractivity contribution >= 4 is 33.9 Å². The summed E-state index contributed by atoms with van der Waals surface area (Å²) in [5, 5.41) is 20.4. The first-order valence-corrected chi connectivity index (χ1v) is 11.2. The zero-order valence-electron chi connectivity index (χ0n) is 18.2. The van der Waals surface area contributed by atoms with Crippen molar-refractivity contribution in [2.75, 3.05) is 12.0 Å². The van der Waals surface area contributed by atoms with E-state index in [1.54, 1.807) is 49.4 Å². The van der Waals surface area contributed by atoms with Crippen LogP contribution in [0.5, 0.6) is 11.5 Å². The summed E-state index contributed by atoms with van der Waals surface area (Å²) in [5.74, 6) is -0.465. The molecule has 0 bridgehead atoms. The molecule has 33 heavy (non-hydrogen) atoms. The lowest BCUT2D eigenvalue weighted by Gasteiger charge is -2.23. The molecule has 5 rings (SSSR count). The number of aryl methyl sites for hydroxylation is 1. The zero-order valence-corrected chi connectivity index (χ0v) is 19.0. The second-order valence-electron chi connectivity index (χ2n) is 8.00. The Morgan fingerprint density at radius 1 is 1.21 bits per heavy atom. The van der Waals surface area contributed by atoms with Gasteiger partial charge in [-0.1, -0.05) is 23.5 Å². The van der Waals surface area contributed by atoms with Crippen molar-refractivity contribution in [1.29, 1.82) is 0 Å². The number of ether oxygens (including phenoxy) is 2. The van der Waals surface area contributed by atoms with E-state index in [-0.39, 0.29) is 22.6 Å². The number of aromatic nitrogens is 2. The third kappa shape index (κ3) is 3.54. The van der Waals surface area contributed by atoms with Gasteiger partial charge in [0.05, 0.1) is 18.7 Å². The quantitative estimate of drug-likeness (QED) is 0.357. The fourth-order valence-electron chi connectivity index (χ4n) is 4.27. The maximum absolute atomic E-state index is 13.2. The largest absolute Gasteiger partial charge is 0.507 e. The molecule has 2 aromatic carbocycles. The number of aliphatic hydroxyl groups is 1. The highest BCUT2D eigenvalue weighted by Gasteiger charge is 2.48. The third-order valence-electron chi connectivity index (χ3n) is 5.74. The molecule has 1 N–H and O–H groups in total. The number of hydrogen-bond acceptors (Lipinski definition) is 8. The Morgan fingerprint density at radius 2 is 2.03 bits per heavy atom. The number of anilines is 1. The molecule has 1 saturated heterocycles. The SMILES string of the molecule is COc1cccc([C@@H]2C(=C(O)c3ccc4c(c3)C[C@@H](C)O4)C(=O)C(=O)N2c2nnc(C)s2)c1. The van der Waals surface area contributed by atoms with E-state index in [1.165, 1.54) is 23.3 Å². The molecule has 1 fully saturated rings. The van der Waals surface area contributed by atoms with Crippen LogP contribution < -0.4 is 14.4 Å². The summed E-state index contributed by atoms with van der Waals surface area (Å²) < 4.78 is 11.1. The molecule has 0 radical (unpaired) electrons. The van der Waals surface area contributed by atoms with Crippen molar-refractivity contribution in [2.45, 2.75) is 32.4 Å². The summed E-state index contributed by atoms with van der Waals surface area (Å²) >= 11 is 1.20. The number of benzene rings is 2. The monoisotopic (exact) mass is 463 g/mol. The van der Waals surface area contributed by atoms with Crippen LogP contribution in [-0.2, 0) is 16.0 Å². The summed E-state index contributed by atoms with van der Waals surface area (Å²) in [5.41, 5.74) is 2.00. The number of fused-ring (bicyclic) bond motifs is 1. The average Bonchev–Trinajstić information content (AvgIpc) is 3.48. The number of hydrogen-bond donors (Lipinski definition) is 1. The van der Waals surface area contributed by atoms with E-state index >= 15 is 0 Å². The molecule has 2 atom stereocenters. The Morgan fingerprint density at radius 3 is 2.76 bits per heavy atom. The van der Waals surface area contributed by atoms with Crippen LogP contribution in [0.15, 0.2) is 48.0 Å². The number of amides is 1. The van der Waals surface area contributed by atoms with E-state index in [2.05, 4.69) is 10.2 Å². The van der Waals surface area contributed by atoms with Crippen LogP contribution in [0.4, 0.5) is 5.13 Å². The lowest BCUT2D eigenvalue weighted by Crippen LogP contribution is -2.29. The van der Waals surface area contributed by atoms with E-state index < -0.39 is 17.7 Å². The van der Waals surface area contributed by atoms with Crippen molar-refractivity contribution < 1.29 is 24.2 Å². The maximum Gasteiger partial charge on any atom is 0.301 e. The Hall–Kier alpha value is -3.72. The molecule has 0 aliphatic carbocycles. The van der Waals surface area contributed by atoms with Crippen LogP contribution in [-0.4, -0.2) is 40.2 Å². The Bertz CT molecular complexity index is 1310. The number of ketones is 1. The molecule has 0 saturated carbocycles. The van der Waals surface area contributed by atoms with Crippen molar-refractivity contribution in [3.8, 4) is 11.5 Å². The maximum atomic E-state index is 13.2. The van der Waals surface area contributed by atoms with E-state index in [0.717, 1.165) is 11.3 Å². The highest BCUT2D eigenvalue weighted by molar-refractivity contribution is 7.15. The Labute approximate surface area is 194 Å². The molecule has 3 aromatic rings. The average molecular weight is 464 g/mol. The van der Waals surface area contributed by atoms with Crippen LogP contribution in [0.1, 0.15) is 34.7 Å². The number of methoxy groups -OCH3 is 1. The topological polar surface area (TPSA) is 102 Å². The number of carbonyl (C=O) groups is 2. The van der Waals surface area contributed by atoms with Gasteiger partial charge in [0.15, 0.2) is 0 Å². The lowest BCUT2D eigenvalue weighted by molar-refractivity contribution is -0.132. The first kappa shape index (κ1) is 21.1. The fraction of sp³-hybridized carbons (Fsp3) is 0.250. The van der Waals surface area contributed by atoms with Crippen LogP contribution in [0, 0.1) is 6.92 Å². The number of carbonyl (C=O) groups excluding carboxylic acids is 2. The van der Waals surface area contributed by atoms with Crippen molar-refractivity contribution in [2.24, 2.45) is 0 Å². The van der Waals surface area contributed by atoms with Gasteiger partial charge < -0.3 is 14.6 Å². The van der Waals surface area contributed by atoms with Crippen molar-refractivity contribution in [3.05, 3.63) is 69.7 Å². The molecule has 0 spiro atoms. The van der Waals surface area contributed by atoms with Crippen molar-refractivity contribution in [3.63, 3.8) is 0 Å². The number of rotatable bonds is 4. The van der Waals surface area contributed by atoms with Crippen LogP contribution in [0.2, 0.25) is 0 Å². The first-order chi connectivity index (χ1) is 15.9. The first-order valence-electron chi connectivity index (χ1n) is 10.4. The molecule has 1 amide bonds. The summed E-state index contributed by atoms with van der Waals surface area (Å²) in [7, 11) is 1.54. The normalized spacial score (nSPS) is 21.2. The summed E-state index contributed by atoms with van der Waals surface area (Å²) in [6.07, 6.45) is 0.745. The summed E-state index contributed by atoms with van der Waals surface area (Å²) in [4.78, 5) is 27.7. The van der Waals surface area contributed by atoms with Gasteiger partial charge in [-0.15, -0.1) is 10.2 Å². The lowest BCUT2D eigenvalue weighted by atomic mass is 9.94. The van der Waals surface area contributed by atoms with Gasteiger partial charge in [0.1, 0.15) is 28.4 Å². The van der Waals surface area contributed by atoms with E-state index in [0.29, 0.717) is 28.3 Å². The zero-order chi connectivity index (χ0) is 23.3. The smallest absolute Gasteiger partial charge is 0.301 e. The molecule has 9 heteroatoms. The molecule has 2 aliphatic heterocycles. The number of Topliss-reactive ketones (excluding diaryl/α,β-unsaturated/α-hetero) is 1. The minimum absolute atomic E-state index is 0.00646. The van der Waals surface area contributed by atoms with Crippen LogP contribution in [0.25, 0.3) is 5.76 Å². The second kappa shape index (κ2) is 8.00. The predicted octanol–water partition coefficient (Wildman–Crippen LogP) is 3.80. The summed E-state index contributed by atoms with van der Waals surface area (Å²) in [6, 6.07) is 11.5. The van der Waals surface area contributed by atoms with Gasteiger partial charge in [0, 0.05) is 12.0 Å². The molecule has 8 nitrogen and oxygen atoms in total. The van der Waals surface area contributed by atoms with Gasteiger partial charge >= 0.3 is 5.91 Å². The van der Waals surface area contributed by atoms with E-state index in [9.17, 15) is 14.7 Å². The second-order valence-corrected chi connectivity index (χ2v) is 9.16. The third-order valence-corrected chi connectivity index (χ3v) is 6.58. The number of aliphatic hydroxyl groups excluding tert-OH is 1. The Kier molecular flexibility index (Phi) is 5.13. The van der Waals surface area contributed by atoms with E-state index in [1.807, 2.05) is 6.92 Å². The minimum Gasteiger partial charge on any atom is -0.507 e. The standard InChI is InChI=1S/C24H21N3O5S/c1-12-9-16-10-15(7-8-18(16)32-12)21(28)19-20(14-5-4-6-17(11-14)31-3)27(23(30)22(19)29)24-26-25-13(2)33-24/h4-8,10-12,20,28H,9H2,1-3H3/t12-,20-/m1/s1. The highest BCUT2D eigenvalue weighted by atomic mass is 32.1. The van der Waals surface area contributed by atoms with Gasteiger partial charge in [-0.3, -0.25) is 14.5 Å². The van der Waals surface area contributed by atoms with Gasteiger partial charge in [0.25, 0.3) is 5.78 Å². The van der Waals surface area contributed by atoms with Gasteiger partial charge in [-0.25, -0.2) is 0 Å². The molecular formula is C24H21N3O5S. The molecule has 3 heterocycles. The number of nitrogens with zero attached hydrogens (tertiary/aromatic N) is 3. The van der Waals surface area contributed by atoms with Gasteiger partial charge in [-0.2, -0.15) is 0 Å². The Balaban J connectivity index is 1.69.